The van der Waals surface area contributed by atoms with Gasteiger partial charge in [-0.15, -0.1) is 0 Å². The van der Waals surface area contributed by atoms with Crippen LogP contribution >= 0.6 is 15.9 Å². The van der Waals surface area contributed by atoms with Crippen LogP contribution in [0.5, 0.6) is 5.75 Å². The Morgan fingerprint density at radius 1 is 1.30 bits per heavy atom. The number of amides is 1. The third-order valence-electron chi connectivity index (χ3n) is 2.95. The second kappa shape index (κ2) is 6.05. The fraction of sp³-hybridized carbons (Fsp3) is 0.133. The minimum Gasteiger partial charge on any atom is -0.496 e. The maximum absolute atomic E-state index is 13.8. The first-order valence-electron chi connectivity index (χ1n) is 5.92. The minimum absolute atomic E-state index is 0.292. The maximum Gasteiger partial charge on any atom is 0.252 e. The highest BCUT2D eigenvalue weighted by molar-refractivity contribution is 9.10. The lowest BCUT2D eigenvalue weighted by molar-refractivity contribution is 0.0997. The van der Waals surface area contributed by atoms with E-state index in [0.717, 1.165) is 4.47 Å². The maximum atomic E-state index is 13.8. The molecule has 1 amide bonds. The molecule has 3 nitrogen and oxygen atoms in total. The fourth-order valence-electron chi connectivity index (χ4n) is 2.04. The van der Waals surface area contributed by atoms with Crippen LogP contribution < -0.4 is 10.5 Å². The summed E-state index contributed by atoms with van der Waals surface area (Å²) in [5.74, 6) is -0.488. The molecule has 0 atom stereocenters. The lowest BCUT2D eigenvalue weighted by Gasteiger charge is -2.12. The molecule has 20 heavy (non-hydrogen) atoms. The van der Waals surface area contributed by atoms with Gasteiger partial charge in [-0.1, -0.05) is 28.1 Å². The number of carbonyl (C=O) groups is 1. The molecule has 0 unspecified atom stereocenters. The Bertz CT molecular complexity index is 658. The van der Waals surface area contributed by atoms with E-state index in [1.54, 1.807) is 30.3 Å². The van der Waals surface area contributed by atoms with Crippen LogP contribution in [0, 0.1) is 5.82 Å². The molecular weight excluding hydrogens is 325 g/mol. The van der Waals surface area contributed by atoms with E-state index >= 15 is 0 Å². The van der Waals surface area contributed by atoms with Gasteiger partial charge in [0.1, 0.15) is 11.6 Å². The van der Waals surface area contributed by atoms with E-state index in [9.17, 15) is 9.18 Å². The van der Waals surface area contributed by atoms with Gasteiger partial charge in [0.05, 0.1) is 12.7 Å². The predicted octanol–water partition coefficient (Wildman–Crippen LogP) is 3.29. The lowest BCUT2D eigenvalue weighted by atomic mass is 10.0. The van der Waals surface area contributed by atoms with E-state index in [1.807, 2.05) is 0 Å². The van der Waals surface area contributed by atoms with Crippen LogP contribution in [0.15, 0.2) is 40.9 Å². The Hall–Kier alpha value is -1.88. The quantitative estimate of drug-likeness (QED) is 0.930. The number of ether oxygens (including phenoxy) is 1. The molecule has 0 saturated heterocycles. The van der Waals surface area contributed by atoms with Crippen molar-refractivity contribution in [2.75, 3.05) is 7.11 Å². The van der Waals surface area contributed by atoms with Crippen molar-refractivity contribution in [3.05, 3.63) is 63.4 Å². The first-order valence-corrected chi connectivity index (χ1v) is 6.72. The minimum atomic E-state index is -0.571. The van der Waals surface area contributed by atoms with Crippen LogP contribution in [0.4, 0.5) is 4.39 Å². The molecule has 2 N–H and O–H groups in total. The molecule has 0 bridgehead atoms. The Balaban J connectivity index is 2.46. The standard InChI is InChI=1S/C15H13BrFNO2/c1-20-14-9(3-2-4-12(14)15(18)19)7-10-8-11(16)5-6-13(10)17/h2-6,8H,7H2,1H3,(H2,18,19). The zero-order valence-corrected chi connectivity index (χ0v) is 12.4. The molecule has 2 aromatic rings. The number of methoxy groups -OCH3 is 1. The molecule has 0 saturated carbocycles. The Morgan fingerprint density at radius 3 is 2.70 bits per heavy atom. The van der Waals surface area contributed by atoms with E-state index in [0.29, 0.717) is 28.9 Å². The number of halogens is 2. The number of carbonyl (C=O) groups excluding carboxylic acids is 1. The van der Waals surface area contributed by atoms with E-state index in [4.69, 9.17) is 10.5 Å². The van der Waals surface area contributed by atoms with Crippen molar-refractivity contribution >= 4 is 21.8 Å². The summed E-state index contributed by atoms with van der Waals surface area (Å²) < 4.78 is 19.8. The van der Waals surface area contributed by atoms with Gasteiger partial charge >= 0.3 is 0 Å². The smallest absolute Gasteiger partial charge is 0.252 e. The average Bonchev–Trinajstić information content (AvgIpc) is 2.42. The largest absolute Gasteiger partial charge is 0.496 e. The molecule has 0 aliphatic heterocycles. The molecule has 2 rings (SSSR count). The molecule has 2 aromatic carbocycles. The van der Waals surface area contributed by atoms with Gasteiger partial charge in [0.2, 0.25) is 0 Å². The molecule has 0 aliphatic rings. The lowest BCUT2D eigenvalue weighted by Crippen LogP contribution is -2.13. The zero-order chi connectivity index (χ0) is 14.7. The molecule has 0 aromatic heterocycles. The average molecular weight is 338 g/mol. The highest BCUT2D eigenvalue weighted by Crippen LogP contribution is 2.27. The van der Waals surface area contributed by atoms with Crippen molar-refractivity contribution in [1.82, 2.24) is 0 Å². The van der Waals surface area contributed by atoms with Gasteiger partial charge in [-0.25, -0.2) is 4.39 Å². The number of primary amides is 1. The topological polar surface area (TPSA) is 52.3 Å². The summed E-state index contributed by atoms with van der Waals surface area (Å²) in [6, 6.07) is 9.80. The summed E-state index contributed by atoms with van der Waals surface area (Å²) in [7, 11) is 1.46. The summed E-state index contributed by atoms with van der Waals surface area (Å²) in [6.45, 7) is 0. The Labute approximate surface area is 124 Å². The first-order chi connectivity index (χ1) is 9.52. The van der Waals surface area contributed by atoms with Crippen LogP contribution in [0.1, 0.15) is 21.5 Å². The zero-order valence-electron chi connectivity index (χ0n) is 10.8. The Kier molecular flexibility index (Phi) is 4.39. The number of hydrogen-bond acceptors (Lipinski definition) is 2. The summed E-state index contributed by atoms with van der Waals surface area (Å²) in [6.07, 6.45) is 0.315. The van der Waals surface area contributed by atoms with Crippen LogP contribution in [-0.2, 0) is 6.42 Å². The molecular formula is C15H13BrFNO2. The molecule has 104 valence electrons. The third kappa shape index (κ3) is 2.99. The van der Waals surface area contributed by atoms with Crippen molar-refractivity contribution in [2.24, 2.45) is 5.73 Å². The fourth-order valence-corrected chi connectivity index (χ4v) is 2.45. The van der Waals surface area contributed by atoms with Crippen LogP contribution in [0.3, 0.4) is 0 Å². The first kappa shape index (κ1) is 14.5. The van der Waals surface area contributed by atoms with Crippen molar-refractivity contribution in [3.8, 4) is 5.75 Å². The molecule has 0 aliphatic carbocycles. The van der Waals surface area contributed by atoms with E-state index in [2.05, 4.69) is 15.9 Å². The summed E-state index contributed by atoms with van der Waals surface area (Å²) in [5.41, 5.74) is 6.82. The number of hydrogen-bond donors (Lipinski definition) is 1. The molecule has 0 heterocycles. The molecule has 0 radical (unpaired) electrons. The number of benzene rings is 2. The van der Waals surface area contributed by atoms with Crippen LogP contribution in [0.25, 0.3) is 0 Å². The monoisotopic (exact) mass is 337 g/mol. The second-order valence-electron chi connectivity index (χ2n) is 4.27. The predicted molar refractivity (Wildman–Crippen MR) is 78.4 cm³/mol. The highest BCUT2D eigenvalue weighted by Gasteiger charge is 2.14. The van der Waals surface area contributed by atoms with Crippen molar-refractivity contribution in [3.63, 3.8) is 0 Å². The molecule has 0 fully saturated rings. The Morgan fingerprint density at radius 2 is 2.05 bits per heavy atom. The van der Waals surface area contributed by atoms with Gasteiger partial charge in [-0.2, -0.15) is 0 Å². The van der Waals surface area contributed by atoms with Gasteiger partial charge in [0.15, 0.2) is 0 Å². The summed E-state index contributed by atoms with van der Waals surface area (Å²) in [5, 5.41) is 0. The third-order valence-corrected chi connectivity index (χ3v) is 3.45. The van der Waals surface area contributed by atoms with Gasteiger partial charge in [0.25, 0.3) is 5.91 Å². The molecule has 0 spiro atoms. The van der Waals surface area contributed by atoms with Gasteiger partial charge in [0, 0.05) is 10.9 Å². The van der Waals surface area contributed by atoms with Crippen molar-refractivity contribution in [1.29, 1.82) is 0 Å². The summed E-state index contributed by atoms with van der Waals surface area (Å²) >= 11 is 3.31. The van der Waals surface area contributed by atoms with Crippen LogP contribution in [0.2, 0.25) is 0 Å². The van der Waals surface area contributed by atoms with E-state index in [-0.39, 0.29) is 5.82 Å². The van der Waals surface area contributed by atoms with Crippen molar-refractivity contribution < 1.29 is 13.9 Å². The summed E-state index contributed by atoms with van der Waals surface area (Å²) in [4.78, 5) is 11.4. The number of para-hydroxylation sites is 1. The number of nitrogens with two attached hydrogens (primary N) is 1. The van der Waals surface area contributed by atoms with Crippen LogP contribution in [-0.4, -0.2) is 13.0 Å². The van der Waals surface area contributed by atoms with Gasteiger partial charge in [-0.05, 0) is 35.4 Å². The number of rotatable bonds is 4. The molecule has 5 heteroatoms. The van der Waals surface area contributed by atoms with E-state index in [1.165, 1.54) is 13.2 Å². The highest BCUT2D eigenvalue weighted by atomic mass is 79.9. The van der Waals surface area contributed by atoms with Gasteiger partial charge < -0.3 is 10.5 Å². The van der Waals surface area contributed by atoms with Crippen molar-refractivity contribution in [2.45, 2.75) is 6.42 Å². The normalized spacial score (nSPS) is 10.3. The van der Waals surface area contributed by atoms with Gasteiger partial charge in [-0.3, -0.25) is 4.79 Å². The van der Waals surface area contributed by atoms with E-state index < -0.39 is 5.91 Å². The second-order valence-corrected chi connectivity index (χ2v) is 5.19. The SMILES string of the molecule is COc1c(Cc2cc(Br)ccc2F)cccc1C(N)=O.